The van der Waals surface area contributed by atoms with Gasteiger partial charge in [-0.25, -0.2) is 0 Å². The molecule has 1 nitrogen and oxygen atoms in total. The van der Waals surface area contributed by atoms with Crippen molar-refractivity contribution in [1.29, 1.82) is 0 Å². The molecule has 0 amide bonds. The highest BCUT2D eigenvalue weighted by molar-refractivity contribution is 6.31. The van der Waals surface area contributed by atoms with E-state index in [1.54, 1.807) is 0 Å². The summed E-state index contributed by atoms with van der Waals surface area (Å²) in [7, 11) is 0. The standard InChI is InChI=1S/C9H9ClO/c10-9-5-3-8(4-6-9)2-1-7-11/h1-3,5-8H,4H2. The number of carbonyl (C=O) groups is 1. The number of hydrogen-bond donors (Lipinski definition) is 0. The van der Waals surface area contributed by atoms with E-state index in [0.29, 0.717) is 5.92 Å². The smallest absolute Gasteiger partial charge is 0.142 e. The van der Waals surface area contributed by atoms with Crippen LogP contribution < -0.4 is 0 Å². The second-order valence-electron chi connectivity index (χ2n) is 2.37. The number of halogens is 1. The lowest BCUT2D eigenvalue weighted by atomic mass is 10.0. The van der Waals surface area contributed by atoms with Crippen molar-refractivity contribution in [1.82, 2.24) is 0 Å². The summed E-state index contributed by atoms with van der Waals surface area (Å²) in [5.74, 6) is 0.336. The first-order chi connectivity index (χ1) is 5.33. The number of allylic oxidation sites excluding steroid dienone is 6. The summed E-state index contributed by atoms with van der Waals surface area (Å²) in [5, 5.41) is 0.778. The Bertz CT molecular complexity index is 226. The number of aldehydes is 1. The minimum Gasteiger partial charge on any atom is -0.299 e. The van der Waals surface area contributed by atoms with Crippen LogP contribution in [0.15, 0.2) is 35.4 Å². The van der Waals surface area contributed by atoms with Crippen LogP contribution in [0.2, 0.25) is 0 Å². The monoisotopic (exact) mass is 168 g/mol. The molecule has 0 aromatic rings. The number of hydrogen-bond acceptors (Lipinski definition) is 1. The molecule has 1 unspecified atom stereocenters. The van der Waals surface area contributed by atoms with Crippen molar-refractivity contribution >= 4 is 17.9 Å². The summed E-state index contributed by atoms with van der Waals surface area (Å²) in [5.41, 5.74) is 0. The zero-order valence-corrected chi connectivity index (χ0v) is 6.79. The average Bonchev–Trinajstić information content (AvgIpc) is 2.04. The Hall–Kier alpha value is -0.820. The first kappa shape index (κ1) is 8.28. The number of rotatable bonds is 2. The molecule has 0 aromatic carbocycles. The summed E-state index contributed by atoms with van der Waals surface area (Å²) in [6.07, 6.45) is 10.8. The van der Waals surface area contributed by atoms with Gasteiger partial charge in [0.05, 0.1) is 0 Å². The highest BCUT2D eigenvalue weighted by Gasteiger charge is 2.02. The fourth-order valence-electron chi connectivity index (χ4n) is 0.942. The van der Waals surface area contributed by atoms with Crippen LogP contribution in [-0.2, 0) is 4.79 Å². The van der Waals surface area contributed by atoms with Crippen molar-refractivity contribution in [2.45, 2.75) is 6.42 Å². The van der Waals surface area contributed by atoms with Crippen molar-refractivity contribution in [2.75, 3.05) is 0 Å². The van der Waals surface area contributed by atoms with E-state index in [4.69, 9.17) is 11.6 Å². The molecular formula is C9H9ClO. The first-order valence-electron chi connectivity index (χ1n) is 3.49. The quantitative estimate of drug-likeness (QED) is 0.457. The highest BCUT2D eigenvalue weighted by atomic mass is 35.5. The molecule has 58 valence electrons. The van der Waals surface area contributed by atoms with Crippen LogP contribution >= 0.6 is 11.6 Å². The Labute approximate surface area is 71.0 Å². The Morgan fingerprint density at radius 1 is 1.64 bits per heavy atom. The molecule has 1 aliphatic rings. The van der Waals surface area contributed by atoms with Gasteiger partial charge in [0.1, 0.15) is 6.29 Å². The molecule has 0 saturated heterocycles. The maximum absolute atomic E-state index is 9.96. The molecule has 0 saturated carbocycles. The van der Waals surface area contributed by atoms with Gasteiger partial charge < -0.3 is 0 Å². The van der Waals surface area contributed by atoms with Gasteiger partial charge in [0, 0.05) is 5.03 Å². The molecule has 0 radical (unpaired) electrons. The highest BCUT2D eigenvalue weighted by Crippen LogP contribution is 2.19. The van der Waals surface area contributed by atoms with Crippen LogP contribution in [0.3, 0.4) is 0 Å². The van der Waals surface area contributed by atoms with E-state index in [-0.39, 0.29) is 0 Å². The third-order valence-electron chi connectivity index (χ3n) is 1.52. The second-order valence-corrected chi connectivity index (χ2v) is 2.81. The fraction of sp³-hybridized carbons (Fsp3) is 0.222. The van der Waals surface area contributed by atoms with Crippen LogP contribution in [0, 0.1) is 5.92 Å². The molecule has 1 aliphatic carbocycles. The van der Waals surface area contributed by atoms with Gasteiger partial charge in [-0.2, -0.15) is 0 Å². The van der Waals surface area contributed by atoms with Crippen molar-refractivity contribution in [3.05, 3.63) is 35.4 Å². The second kappa shape index (κ2) is 4.14. The molecule has 0 bridgehead atoms. The van der Waals surface area contributed by atoms with Crippen LogP contribution in [0.4, 0.5) is 0 Å². The Kier molecular flexibility index (Phi) is 3.12. The molecule has 1 atom stereocenters. The molecule has 0 spiro atoms. The van der Waals surface area contributed by atoms with Crippen LogP contribution in [0.25, 0.3) is 0 Å². The molecule has 0 fully saturated rings. The molecular weight excluding hydrogens is 160 g/mol. The van der Waals surface area contributed by atoms with E-state index in [9.17, 15) is 4.79 Å². The summed E-state index contributed by atoms with van der Waals surface area (Å²) in [6, 6.07) is 0. The zero-order chi connectivity index (χ0) is 8.10. The van der Waals surface area contributed by atoms with Gasteiger partial charge in [0.15, 0.2) is 0 Å². The van der Waals surface area contributed by atoms with E-state index >= 15 is 0 Å². The summed E-state index contributed by atoms with van der Waals surface area (Å²) in [4.78, 5) is 9.96. The van der Waals surface area contributed by atoms with E-state index < -0.39 is 0 Å². The van der Waals surface area contributed by atoms with Crippen molar-refractivity contribution in [3.63, 3.8) is 0 Å². The van der Waals surface area contributed by atoms with E-state index in [1.165, 1.54) is 6.08 Å². The first-order valence-corrected chi connectivity index (χ1v) is 3.86. The lowest BCUT2D eigenvalue weighted by molar-refractivity contribution is -0.104. The van der Waals surface area contributed by atoms with Crippen LogP contribution in [0.5, 0.6) is 0 Å². The lowest BCUT2D eigenvalue weighted by Crippen LogP contribution is -1.93. The van der Waals surface area contributed by atoms with Gasteiger partial charge in [-0.05, 0) is 24.5 Å². The fourth-order valence-corrected chi connectivity index (χ4v) is 1.10. The summed E-state index contributed by atoms with van der Waals surface area (Å²) < 4.78 is 0. The van der Waals surface area contributed by atoms with Crippen molar-refractivity contribution in [2.24, 2.45) is 5.92 Å². The molecule has 1 rings (SSSR count). The van der Waals surface area contributed by atoms with Gasteiger partial charge in [0.2, 0.25) is 0 Å². The minimum absolute atomic E-state index is 0.336. The lowest BCUT2D eigenvalue weighted by Gasteiger charge is -2.07. The average molecular weight is 169 g/mol. The van der Waals surface area contributed by atoms with Gasteiger partial charge in [0.25, 0.3) is 0 Å². The molecule has 11 heavy (non-hydrogen) atoms. The van der Waals surface area contributed by atoms with E-state index in [0.717, 1.165) is 17.7 Å². The minimum atomic E-state index is 0.336. The van der Waals surface area contributed by atoms with Crippen molar-refractivity contribution < 1.29 is 4.79 Å². The SMILES string of the molecule is O=CC=CC1C=CC(Cl)=CC1. The third-order valence-corrected chi connectivity index (χ3v) is 1.80. The van der Waals surface area contributed by atoms with Gasteiger partial charge in [-0.1, -0.05) is 29.8 Å². The van der Waals surface area contributed by atoms with E-state index in [2.05, 4.69) is 0 Å². The third kappa shape index (κ3) is 2.72. The Morgan fingerprint density at radius 2 is 2.45 bits per heavy atom. The van der Waals surface area contributed by atoms with Gasteiger partial charge >= 0.3 is 0 Å². The normalized spacial score (nSPS) is 23.7. The maximum atomic E-state index is 9.96. The van der Waals surface area contributed by atoms with Crippen LogP contribution in [-0.4, -0.2) is 6.29 Å². The molecule has 0 N–H and O–H groups in total. The zero-order valence-electron chi connectivity index (χ0n) is 6.03. The Balaban J connectivity index is 2.49. The topological polar surface area (TPSA) is 17.1 Å². The van der Waals surface area contributed by atoms with Gasteiger partial charge in [-0.15, -0.1) is 0 Å². The largest absolute Gasteiger partial charge is 0.299 e. The van der Waals surface area contributed by atoms with Crippen molar-refractivity contribution in [3.8, 4) is 0 Å². The number of carbonyl (C=O) groups excluding carboxylic acids is 1. The maximum Gasteiger partial charge on any atom is 0.142 e. The van der Waals surface area contributed by atoms with E-state index in [1.807, 2.05) is 24.3 Å². The molecule has 0 aromatic heterocycles. The van der Waals surface area contributed by atoms with Crippen LogP contribution in [0.1, 0.15) is 6.42 Å². The Morgan fingerprint density at radius 3 is 3.00 bits per heavy atom. The summed E-state index contributed by atoms with van der Waals surface area (Å²) in [6.45, 7) is 0. The molecule has 2 heteroatoms. The predicted molar refractivity (Wildman–Crippen MR) is 46.4 cm³/mol. The summed E-state index contributed by atoms with van der Waals surface area (Å²) >= 11 is 5.70. The van der Waals surface area contributed by atoms with Gasteiger partial charge in [-0.3, -0.25) is 4.79 Å². The predicted octanol–water partition coefficient (Wildman–Crippen LogP) is 2.44. The molecule has 0 aliphatic heterocycles. The molecule has 0 heterocycles.